The molecule has 0 aliphatic rings. The molecule has 1 rings (SSSR count). The van der Waals surface area contributed by atoms with Gasteiger partial charge in [-0.25, -0.2) is 0 Å². The molecule has 13 heavy (non-hydrogen) atoms. The van der Waals surface area contributed by atoms with Gasteiger partial charge in [0.1, 0.15) is 6.10 Å². The summed E-state index contributed by atoms with van der Waals surface area (Å²) in [6.45, 7) is 6.12. The van der Waals surface area contributed by atoms with Gasteiger partial charge in [-0.1, -0.05) is 18.6 Å². The Bertz CT molecular complexity index is 295. The Morgan fingerprint density at radius 2 is 2.31 bits per heavy atom. The lowest BCUT2D eigenvalue weighted by Crippen LogP contribution is -1.94. The highest BCUT2D eigenvalue weighted by Crippen LogP contribution is 2.26. The molecule has 0 saturated carbocycles. The topological polar surface area (TPSA) is 20.2 Å². The summed E-state index contributed by atoms with van der Waals surface area (Å²) in [7, 11) is 0. The van der Waals surface area contributed by atoms with Crippen LogP contribution in [-0.2, 0) is 6.42 Å². The fraction of sp³-hybridized carbons (Fsp3) is 0.455. The number of thiophene rings is 1. The van der Waals surface area contributed by atoms with Gasteiger partial charge < -0.3 is 5.11 Å². The third-order valence-corrected chi connectivity index (χ3v) is 2.95. The van der Waals surface area contributed by atoms with Crippen molar-refractivity contribution in [3.05, 3.63) is 33.5 Å². The fourth-order valence-corrected chi connectivity index (χ4v) is 2.24. The Morgan fingerprint density at radius 1 is 1.62 bits per heavy atom. The highest BCUT2D eigenvalue weighted by atomic mass is 32.1. The van der Waals surface area contributed by atoms with Gasteiger partial charge in [0.25, 0.3) is 0 Å². The van der Waals surface area contributed by atoms with E-state index < -0.39 is 6.10 Å². The maximum absolute atomic E-state index is 9.83. The van der Waals surface area contributed by atoms with Gasteiger partial charge in [0.15, 0.2) is 0 Å². The minimum absolute atomic E-state index is 0.417. The molecule has 0 bridgehead atoms. The quantitative estimate of drug-likeness (QED) is 0.735. The summed E-state index contributed by atoms with van der Waals surface area (Å²) in [6, 6.07) is 2.09. The molecule has 0 aliphatic carbocycles. The highest BCUT2D eigenvalue weighted by Gasteiger charge is 2.09. The molecule has 1 aromatic heterocycles. The van der Waals surface area contributed by atoms with Crippen molar-refractivity contribution in [1.82, 2.24) is 0 Å². The predicted molar refractivity (Wildman–Crippen MR) is 58.1 cm³/mol. The normalized spacial score (nSPS) is 12.6. The van der Waals surface area contributed by atoms with Crippen LogP contribution in [-0.4, -0.2) is 5.11 Å². The van der Waals surface area contributed by atoms with Crippen molar-refractivity contribution < 1.29 is 5.11 Å². The zero-order valence-electron chi connectivity index (χ0n) is 8.37. The molecule has 0 amide bonds. The van der Waals surface area contributed by atoms with Crippen molar-refractivity contribution in [2.24, 2.45) is 0 Å². The molecule has 0 fully saturated rings. The van der Waals surface area contributed by atoms with Crippen molar-refractivity contribution in [3.8, 4) is 0 Å². The van der Waals surface area contributed by atoms with Crippen LogP contribution in [0.4, 0.5) is 0 Å². The zero-order chi connectivity index (χ0) is 9.84. The first-order chi connectivity index (χ1) is 6.15. The summed E-state index contributed by atoms with van der Waals surface area (Å²) < 4.78 is 0. The number of hydrogen-bond donors (Lipinski definition) is 1. The van der Waals surface area contributed by atoms with Gasteiger partial charge in [0.2, 0.25) is 0 Å². The number of rotatable bonds is 3. The second-order valence-corrected chi connectivity index (χ2v) is 4.30. The molecule has 2 heteroatoms. The predicted octanol–water partition coefficient (Wildman–Crippen LogP) is 3.31. The van der Waals surface area contributed by atoms with Gasteiger partial charge in [-0.2, -0.15) is 0 Å². The molecule has 0 radical (unpaired) electrons. The third kappa shape index (κ3) is 2.68. The minimum Gasteiger partial charge on any atom is -0.383 e. The average Bonchev–Trinajstić information content (AvgIpc) is 2.49. The number of hydrogen-bond acceptors (Lipinski definition) is 2. The summed E-state index contributed by atoms with van der Waals surface area (Å²) in [4.78, 5) is 1.09. The van der Waals surface area contributed by atoms with Crippen molar-refractivity contribution in [2.45, 2.75) is 33.3 Å². The second kappa shape index (κ2) is 4.58. The molecular weight excluding hydrogens is 180 g/mol. The maximum Gasteiger partial charge on any atom is 0.107 e. The van der Waals surface area contributed by atoms with E-state index in [9.17, 15) is 5.11 Å². The molecular formula is C11H16OS. The molecule has 1 unspecified atom stereocenters. The van der Waals surface area contributed by atoms with Crippen LogP contribution in [0, 0.1) is 0 Å². The van der Waals surface area contributed by atoms with Crippen molar-refractivity contribution in [3.63, 3.8) is 0 Å². The lowest BCUT2D eigenvalue weighted by Gasteiger charge is -2.06. The standard InChI is InChI=1S/C11H16OS/c1-4-9-5-6-13-11(9)10(12)7-8(2)3/h5-7,10,12H,4H2,1-3H3. The first kappa shape index (κ1) is 10.5. The zero-order valence-corrected chi connectivity index (χ0v) is 9.19. The monoisotopic (exact) mass is 196 g/mol. The number of aryl methyl sites for hydroxylation is 1. The Kier molecular flexibility index (Phi) is 3.70. The van der Waals surface area contributed by atoms with E-state index >= 15 is 0 Å². The summed E-state index contributed by atoms with van der Waals surface area (Å²) >= 11 is 1.63. The van der Waals surface area contributed by atoms with Crippen LogP contribution in [0.2, 0.25) is 0 Å². The maximum atomic E-state index is 9.83. The van der Waals surface area contributed by atoms with Crippen LogP contribution in [0.3, 0.4) is 0 Å². The van der Waals surface area contributed by atoms with Crippen LogP contribution in [0.25, 0.3) is 0 Å². The van der Waals surface area contributed by atoms with E-state index in [-0.39, 0.29) is 0 Å². The van der Waals surface area contributed by atoms with Crippen molar-refractivity contribution >= 4 is 11.3 Å². The lowest BCUT2D eigenvalue weighted by molar-refractivity contribution is 0.230. The van der Waals surface area contributed by atoms with E-state index in [1.165, 1.54) is 5.56 Å². The molecule has 1 nitrogen and oxygen atoms in total. The number of allylic oxidation sites excluding steroid dienone is 1. The average molecular weight is 196 g/mol. The molecule has 1 aromatic rings. The minimum atomic E-state index is -0.417. The molecule has 1 N–H and O–H groups in total. The molecule has 0 aromatic carbocycles. The summed E-state index contributed by atoms with van der Waals surface area (Å²) in [5.74, 6) is 0. The van der Waals surface area contributed by atoms with Crippen molar-refractivity contribution in [1.29, 1.82) is 0 Å². The van der Waals surface area contributed by atoms with E-state index in [2.05, 4.69) is 13.0 Å². The van der Waals surface area contributed by atoms with Crippen LogP contribution in [0.5, 0.6) is 0 Å². The number of aliphatic hydroxyl groups excluding tert-OH is 1. The van der Waals surface area contributed by atoms with Crippen LogP contribution in [0.15, 0.2) is 23.1 Å². The van der Waals surface area contributed by atoms with E-state index in [0.29, 0.717) is 0 Å². The molecule has 1 atom stereocenters. The molecule has 1 heterocycles. The Balaban J connectivity index is 2.88. The molecule has 0 aliphatic heterocycles. The first-order valence-electron chi connectivity index (χ1n) is 4.54. The van der Waals surface area contributed by atoms with Gasteiger partial charge in [-0.3, -0.25) is 0 Å². The Hall–Kier alpha value is -0.600. The first-order valence-corrected chi connectivity index (χ1v) is 5.42. The summed E-state index contributed by atoms with van der Waals surface area (Å²) in [5, 5.41) is 11.9. The second-order valence-electron chi connectivity index (χ2n) is 3.35. The van der Waals surface area contributed by atoms with Gasteiger partial charge in [0.05, 0.1) is 0 Å². The fourth-order valence-electron chi connectivity index (χ4n) is 1.29. The van der Waals surface area contributed by atoms with Crippen LogP contribution < -0.4 is 0 Å². The van der Waals surface area contributed by atoms with Gasteiger partial charge in [-0.05, 0) is 37.3 Å². The Morgan fingerprint density at radius 3 is 2.85 bits per heavy atom. The van der Waals surface area contributed by atoms with Crippen LogP contribution >= 0.6 is 11.3 Å². The number of aliphatic hydroxyl groups is 1. The summed E-state index contributed by atoms with van der Waals surface area (Å²) in [5.41, 5.74) is 2.41. The van der Waals surface area contributed by atoms with Crippen molar-refractivity contribution in [2.75, 3.05) is 0 Å². The SMILES string of the molecule is CCc1ccsc1C(O)C=C(C)C. The van der Waals surface area contributed by atoms with E-state index in [4.69, 9.17) is 0 Å². The largest absolute Gasteiger partial charge is 0.383 e. The molecule has 0 saturated heterocycles. The Labute approximate surface area is 83.7 Å². The summed E-state index contributed by atoms with van der Waals surface area (Å²) in [6.07, 6.45) is 2.47. The smallest absolute Gasteiger partial charge is 0.107 e. The third-order valence-electron chi connectivity index (χ3n) is 1.92. The van der Waals surface area contributed by atoms with E-state index in [1.54, 1.807) is 11.3 Å². The lowest BCUT2D eigenvalue weighted by atomic mass is 10.1. The van der Waals surface area contributed by atoms with Gasteiger partial charge in [0, 0.05) is 4.88 Å². The van der Waals surface area contributed by atoms with E-state index in [1.807, 2.05) is 25.3 Å². The van der Waals surface area contributed by atoms with E-state index in [0.717, 1.165) is 16.9 Å². The van der Waals surface area contributed by atoms with Gasteiger partial charge >= 0.3 is 0 Å². The molecule has 72 valence electrons. The molecule has 0 spiro atoms. The van der Waals surface area contributed by atoms with Crippen LogP contribution in [0.1, 0.15) is 37.3 Å². The van der Waals surface area contributed by atoms with Gasteiger partial charge in [-0.15, -0.1) is 11.3 Å². The highest BCUT2D eigenvalue weighted by molar-refractivity contribution is 7.10.